The van der Waals surface area contributed by atoms with Gasteiger partial charge < -0.3 is 5.32 Å². The molecule has 0 saturated heterocycles. The Balaban J connectivity index is 1.91. The van der Waals surface area contributed by atoms with Crippen molar-refractivity contribution in [2.24, 2.45) is 0 Å². The average molecular weight is 287 g/mol. The molecule has 0 fully saturated rings. The summed E-state index contributed by atoms with van der Waals surface area (Å²) in [6.45, 7) is 3.15. The van der Waals surface area contributed by atoms with Gasteiger partial charge in [-0.1, -0.05) is 6.92 Å². The lowest BCUT2D eigenvalue weighted by molar-refractivity contribution is 0.531. The third-order valence-corrected chi connectivity index (χ3v) is 4.03. The third-order valence-electron chi connectivity index (χ3n) is 3.23. The molecule has 3 aromatic heterocycles. The van der Waals surface area contributed by atoms with E-state index in [0.29, 0.717) is 0 Å². The van der Waals surface area contributed by atoms with Crippen LogP contribution in [-0.2, 0) is 6.42 Å². The van der Waals surface area contributed by atoms with Crippen molar-refractivity contribution >= 4 is 16.9 Å². The first-order chi connectivity index (χ1) is 9.88. The summed E-state index contributed by atoms with van der Waals surface area (Å²) in [5, 5.41) is 11.1. The van der Waals surface area contributed by atoms with Crippen molar-refractivity contribution < 1.29 is 0 Å². The number of aromatic nitrogens is 4. The highest BCUT2D eigenvalue weighted by molar-refractivity contribution is 7.09. The maximum absolute atomic E-state index is 4.40. The Morgan fingerprint density at radius 1 is 1.35 bits per heavy atom. The number of nitrogens with zero attached hydrogens (tertiary/aromatic N) is 4. The van der Waals surface area contributed by atoms with Crippen LogP contribution in [0.15, 0.2) is 36.4 Å². The van der Waals surface area contributed by atoms with Crippen molar-refractivity contribution in [1.29, 1.82) is 0 Å². The molecule has 3 heterocycles. The molecule has 6 heteroatoms. The van der Waals surface area contributed by atoms with E-state index in [2.05, 4.69) is 27.3 Å². The second-order valence-electron chi connectivity index (χ2n) is 4.64. The molecular weight excluding hydrogens is 270 g/mol. The van der Waals surface area contributed by atoms with Crippen molar-refractivity contribution in [3.05, 3.63) is 46.9 Å². The molecule has 0 aliphatic carbocycles. The Kier molecular flexibility index (Phi) is 4.03. The third kappa shape index (κ3) is 2.71. The van der Waals surface area contributed by atoms with Crippen LogP contribution in [0.3, 0.4) is 0 Å². The molecule has 0 amide bonds. The molecule has 0 aromatic carbocycles. The molecular formula is C14H17N5S. The summed E-state index contributed by atoms with van der Waals surface area (Å²) in [5.74, 6) is 0. The fourth-order valence-corrected chi connectivity index (χ4v) is 2.92. The smallest absolute Gasteiger partial charge is 0.0943 e. The second kappa shape index (κ2) is 6.11. The first-order valence-electron chi connectivity index (χ1n) is 6.77. The average Bonchev–Trinajstić information content (AvgIpc) is 3.12. The molecule has 0 radical (unpaired) electrons. The lowest BCUT2D eigenvalue weighted by Crippen LogP contribution is -2.24. The SMILES string of the molecule is CCCNC(Cc1nccs1)c1cnn2ccncc12. The van der Waals surface area contributed by atoms with Crippen molar-refractivity contribution in [3.63, 3.8) is 0 Å². The van der Waals surface area contributed by atoms with Crippen LogP contribution in [0.2, 0.25) is 0 Å². The normalized spacial score (nSPS) is 12.8. The number of fused-ring (bicyclic) bond motifs is 1. The standard InChI is InChI=1S/C14H17N5S/c1-2-3-16-12(8-14-17-5-7-20-14)11-9-18-19-6-4-15-10-13(11)19/h4-7,9-10,12,16H,2-3,8H2,1H3. The minimum atomic E-state index is 0.225. The predicted molar refractivity (Wildman–Crippen MR) is 79.8 cm³/mol. The Labute approximate surface area is 121 Å². The van der Waals surface area contributed by atoms with E-state index in [-0.39, 0.29) is 6.04 Å². The molecule has 0 bridgehead atoms. The number of thiazole rings is 1. The van der Waals surface area contributed by atoms with Gasteiger partial charge in [-0.3, -0.25) is 4.98 Å². The van der Waals surface area contributed by atoms with Crippen LogP contribution < -0.4 is 5.32 Å². The van der Waals surface area contributed by atoms with Crippen LogP contribution in [-0.4, -0.2) is 26.1 Å². The second-order valence-corrected chi connectivity index (χ2v) is 5.62. The number of hydrogen-bond acceptors (Lipinski definition) is 5. The van der Waals surface area contributed by atoms with Crippen LogP contribution in [0.25, 0.3) is 5.52 Å². The topological polar surface area (TPSA) is 55.1 Å². The molecule has 3 rings (SSSR count). The first-order valence-corrected chi connectivity index (χ1v) is 7.65. The fourth-order valence-electron chi connectivity index (χ4n) is 2.26. The molecule has 104 valence electrons. The Morgan fingerprint density at radius 2 is 2.30 bits per heavy atom. The Hall–Kier alpha value is -1.79. The largest absolute Gasteiger partial charge is 0.309 e. The fraction of sp³-hybridized carbons (Fsp3) is 0.357. The minimum absolute atomic E-state index is 0.225. The van der Waals surface area contributed by atoms with E-state index in [1.54, 1.807) is 17.5 Å². The first kappa shape index (κ1) is 13.2. The van der Waals surface area contributed by atoms with Gasteiger partial charge in [-0.25, -0.2) is 9.50 Å². The van der Waals surface area contributed by atoms with Gasteiger partial charge in [0, 0.05) is 42.0 Å². The van der Waals surface area contributed by atoms with E-state index in [1.807, 2.05) is 34.7 Å². The molecule has 0 aliphatic heterocycles. The molecule has 1 N–H and O–H groups in total. The van der Waals surface area contributed by atoms with E-state index in [0.717, 1.165) is 29.9 Å². The summed E-state index contributed by atoms with van der Waals surface area (Å²) in [6.07, 6.45) is 11.3. The van der Waals surface area contributed by atoms with Gasteiger partial charge in [-0.2, -0.15) is 5.10 Å². The van der Waals surface area contributed by atoms with E-state index >= 15 is 0 Å². The molecule has 0 spiro atoms. The quantitative estimate of drug-likeness (QED) is 0.756. The number of nitrogens with one attached hydrogen (secondary N) is 1. The highest BCUT2D eigenvalue weighted by atomic mass is 32.1. The molecule has 1 atom stereocenters. The van der Waals surface area contributed by atoms with Crippen molar-refractivity contribution in [2.45, 2.75) is 25.8 Å². The summed E-state index contributed by atoms with van der Waals surface area (Å²) < 4.78 is 1.87. The zero-order valence-corrected chi connectivity index (χ0v) is 12.2. The van der Waals surface area contributed by atoms with Crippen LogP contribution in [0.4, 0.5) is 0 Å². The van der Waals surface area contributed by atoms with Gasteiger partial charge in [-0.15, -0.1) is 11.3 Å². The van der Waals surface area contributed by atoms with Crippen LogP contribution in [0.5, 0.6) is 0 Å². The summed E-state index contributed by atoms with van der Waals surface area (Å²) in [5.41, 5.74) is 2.24. The zero-order chi connectivity index (χ0) is 13.8. The van der Waals surface area contributed by atoms with Gasteiger partial charge in [0.1, 0.15) is 0 Å². The van der Waals surface area contributed by atoms with E-state index in [9.17, 15) is 0 Å². The maximum Gasteiger partial charge on any atom is 0.0943 e. The summed E-state index contributed by atoms with van der Waals surface area (Å²) in [4.78, 5) is 8.59. The highest BCUT2D eigenvalue weighted by Crippen LogP contribution is 2.23. The maximum atomic E-state index is 4.40. The zero-order valence-electron chi connectivity index (χ0n) is 11.4. The van der Waals surface area contributed by atoms with E-state index < -0.39 is 0 Å². The molecule has 1 unspecified atom stereocenters. The van der Waals surface area contributed by atoms with Crippen LogP contribution in [0, 0.1) is 0 Å². The number of hydrogen-bond donors (Lipinski definition) is 1. The van der Waals surface area contributed by atoms with Gasteiger partial charge in [0.15, 0.2) is 0 Å². The minimum Gasteiger partial charge on any atom is -0.309 e. The Morgan fingerprint density at radius 3 is 3.10 bits per heavy atom. The van der Waals surface area contributed by atoms with Gasteiger partial charge >= 0.3 is 0 Å². The van der Waals surface area contributed by atoms with Gasteiger partial charge in [0.25, 0.3) is 0 Å². The molecule has 0 saturated carbocycles. The molecule has 20 heavy (non-hydrogen) atoms. The Bertz CT molecular complexity index is 661. The summed E-state index contributed by atoms with van der Waals surface area (Å²) in [7, 11) is 0. The lowest BCUT2D eigenvalue weighted by atomic mass is 10.1. The molecule has 3 aromatic rings. The molecule has 5 nitrogen and oxygen atoms in total. The van der Waals surface area contributed by atoms with Crippen molar-refractivity contribution in [1.82, 2.24) is 24.9 Å². The monoisotopic (exact) mass is 287 g/mol. The number of rotatable bonds is 6. The van der Waals surface area contributed by atoms with Gasteiger partial charge in [0.05, 0.1) is 22.9 Å². The summed E-state index contributed by atoms with van der Waals surface area (Å²) in [6, 6.07) is 0.225. The lowest BCUT2D eigenvalue weighted by Gasteiger charge is -2.16. The van der Waals surface area contributed by atoms with Crippen molar-refractivity contribution in [2.75, 3.05) is 6.54 Å². The van der Waals surface area contributed by atoms with E-state index in [4.69, 9.17) is 0 Å². The van der Waals surface area contributed by atoms with Crippen molar-refractivity contribution in [3.8, 4) is 0 Å². The predicted octanol–water partition coefficient (Wildman–Crippen LogP) is 2.47. The van der Waals surface area contributed by atoms with E-state index in [1.165, 1.54) is 5.56 Å². The summed E-state index contributed by atoms with van der Waals surface area (Å²) >= 11 is 1.69. The van der Waals surface area contributed by atoms with Gasteiger partial charge in [-0.05, 0) is 13.0 Å². The highest BCUT2D eigenvalue weighted by Gasteiger charge is 2.17. The molecule has 0 aliphatic rings. The van der Waals surface area contributed by atoms with Crippen LogP contribution >= 0.6 is 11.3 Å². The van der Waals surface area contributed by atoms with Crippen LogP contribution in [0.1, 0.15) is 30.0 Å². The van der Waals surface area contributed by atoms with Gasteiger partial charge in [0.2, 0.25) is 0 Å².